The van der Waals surface area contributed by atoms with Crippen molar-refractivity contribution in [2.24, 2.45) is 0 Å². The molecule has 1 aliphatic heterocycles. The summed E-state index contributed by atoms with van der Waals surface area (Å²) < 4.78 is 38.2. The van der Waals surface area contributed by atoms with Crippen molar-refractivity contribution in [2.45, 2.75) is 32.6 Å². The zero-order valence-corrected chi connectivity index (χ0v) is 15.4. The highest BCUT2D eigenvalue weighted by atomic mass is 19.4. The van der Waals surface area contributed by atoms with Crippen LogP contribution in [0.2, 0.25) is 0 Å². The Morgan fingerprint density at radius 2 is 1.86 bits per heavy atom. The third-order valence-electron chi connectivity index (χ3n) is 5.02. The van der Waals surface area contributed by atoms with E-state index in [2.05, 4.69) is 26.8 Å². The summed E-state index contributed by atoms with van der Waals surface area (Å²) >= 11 is 0. The van der Waals surface area contributed by atoms with Gasteiger partial charge in [-0.05, 0) is 36.2 Å². The van der Waals surface area contributed by atoms with Gasteiger partial charge in [-0.2, -0.15) is 13.2 Å². The molecule has 0 saturated heterocycles. The second-order valence-corrected chi connectivity index (χ2v) is 7.00. The first-order valence-corrected chi connectivity index (χ1v) is 9.04. The molecule has 1 aliphatic rings. The van der Waals surface area contributed by atoms with Crippen molar-refractivity contribution >= 4 is 0 Å². The minimum atomic E-state index is -4.34. The highest BCUT2D eigenvalue weighted by Crippen LogP contribution is 2.30. The van der Waals surface area contributed by atoms with E-state index < -0.39 is 11.7 Å². The van der Waals surface area contributed by atoms with Gasteiger partial charge in [0.2, 0.25) is 0 Å². The quantitative estimate of drug-likeness (QED) is 0.670. The molecule has 0 aliphatic carbocycles. The van der Waals surface area contributed by atoms with E-state index >= 15 is 0 Å². The molecule has 7 heteroatoms. The summed E-state index contributed by atoms with van der Waals surface area (Å²) in [6, 6.07) is 6.98. The number of fused-ring (bicyclic) bond motifs is 1. The van der Waals surface area contributed by atoms with Gasteiger partial charge in [-0.25, -0.2) is 9.97 Å². The van der Waals surface area contributed by atoms with E-state index in [1.807, 2.05) is 12.3 Å². The number of halogens is 3. The Morgan fingerprint density at radius 1 is 1.07 bits per heavy atom. The number of alkyl halides is 3. The molecule has 0 fully saturated rings. The Kier molecular flexibility index (Phi) is 4.85. The Bertz CT molecular complexity index is 984. The van der Waals surface area contributed by atoms with Crippen LogP contribution < -0.4 is 0 Å². The van der Waals surface area contributed by atoms with Gasteiger partial charge in [0.05, 0.1) is 11.3 Å². The molecule has 0 radical (unpaired) electrons. The third kappa shape index (κ3) is 3.89. The Morgan fingerprint density at radius 3 is 2.57 bits per heavy atom. The molecule has 28 heavy (non-hydrogen) atoms. The highest BCUT2D eigenvalue weighted by molar-refractivity contribution is 5.56. The first-order valence-electron chi connectivity index (χ1n) is 9.04. The van der Waals surface area contributed by atoms with Crippen LogP contribution in [0.1, 0.15) is 27.9 Å². The number of aromatic nitrogens is 3. The van der Waals surface area contributed by atoms with E-state index in [-0.39, 0.29) is 0 Å². The van der Waals surface area contributed by atoms with Gasteiger partial charge in [0, 0.05) is 55.8 Å². The van der Waals surface area contributed by atoms with Gasteiger partial charge in [0.1, 0.15) is 0 Å². The second-order valence-electron chi connectivity index (χ2n) is 7.00. The monoisotopic (exact) mass is 384 g/mol. The maximum atomic E-state index is 12.7. The maximum Gasteiger partial charge on any atom is 0.416 e. The standard InChI is InChI=1S/C21H19F3N4/c1-14-6-8-25-10-16(14)12-28-9-7-19-17(13-28)11-26-20(27-19)15-2-4-18(5-3-15)21(22,23)24/h2-6,8,10-11H,7,9,12-13H2,1H3. The van der Waals surface area contributed by atoms with Crippen LogP contribution in [0.5, 0.6) is 0 Å². The van der Waals surface area contributed by atoms with Crippen LogP contribution in [-0.4, -0.2) is 26.4 Å². The van der Waals surface area contributed by atoms with Gasteiger partial charge in [-0.3, -0.25) is 9.88 Å². The number of aryl methyl sites for hydroxylation is 1. The first-order chi connectivity index (χ1) is 13.4. The largest absolute Gasteiger partial charge is 0.416 e. The lowest BCUT2D eigenvalue weighted by Crippen LogP contribution is -2.31. The maximum absolute atomic E-state index is 12.7. The molecule has 0 bridgehead atoms. The molecule has 0 unspecified atom stereocenters. The number of nitrogens with zero attached hydrogens (tertiary/aromatic N) is 4. The molecule has 0 spiro atoms. The van der Waals surface area contributed by atoms with E-state index in [4.69, 9.17) is 0 Å². The Hall–Kier alpha value is -2.80. The van der Waals surface area contributed by atoms with Gasteiger partial charge in [0.15, 0.2) is 5.82 Å². The summed E-state index contributed by atoms with van der Waals surface area (Å²) in [4.78, 5) is 15.5. The van der Waals surface area contributed by atoms with E-state index in [9.17, 15) is 13.2 Å². The SMILES string of the molecule is Cc1ccncc1CN1CCc2nc(-c3ccc(C(F)(F)F)cc3)ncc2C1. The predicted molar refractivity (Wildman–Crippen MR) is 99.3 cm³/mol. The predicted octanol–water partition coefficient (Wildman–Crippen LogP) is 4.42. The summed E-state index contributed by atoms with van der Waals surface area (Å²) in [6.07, 6.45) is 1.92. The lowest BCUT2D eigenvalue weighted by Gasteiger charge is -2.28. The van der Waals surface area contributed by atoms with Crippen molar-refractivity contribution in [2.75, 3.05) is 6.54 Å². The number of hydrogen-bond acceptors (Lipinski definition) is 4. The van der Waals surface area contributed by atoms with Crippen LogP contribution >= 0.6 is 0 Å². The smallest absolute Gasteiger partial charge is 0.294 e. The van der Waals surface area contributed by atoms with Crippen LogP contribution in [0.15, 0.2) is 48.9 Å². The zero-order valence-electron chi connectivity index (χ0n) is 15.4. The topological polar surface area (TPSA) is 41.9 Å². The van der Waals surface area contributed by atoms with Gasteiger partial charge in [-0.15, -0.1) is 0 Å². The molecule has 3 aromatic rings. The summed E-state index contributed by atoms with van der Waals surface area (Å²) in [7, 11) is 0. The first kappa shape index (κ1) is 18.6. The number of pyridine rings is 1. The molecule has 4 nitrogen and oxygen atoms in total. The lowest BCUT2D eigenvalue weighted by atomic mass is 10.0. The second kappa shape index (κ2) is 7.31. The van der Waals surface area contributed by atoms with Crippen LogP contribution in [-0.2, 0) is 25.7 Å². The lowest BCUT2D eigenvalue weighted by molar-refractivity contribution is -0.137. The average Bonchev–Trinajstić information content (AvgIpc) is 2.69. The molecular formula is C21H19F3N4. The molecular weight excluding hydrogens is 365 g/mol. The van der Waals surface area contributed by atoms with Crippen LogP contribution in [0.4, 0.5) is 13.2 Å². The minimum absolute atomic E-state index is 0.462. The van der Waals surface area contributed by atoms with E-state index in [0.717, 1.165) is 49.4 Å². The molecule has 2 aromatic heterocycles. The van der Waals surface area contributed by atoms with Crippen molar-refractivity contribution in [3.63, 3.8) is 0 Å². The summed E-state index contributed by atoms with van der Waals surface area (Å²) in [5.41, 5.74) is 4.36. The normalized spacial score (nSPS) is 14.7. The van der Waals surface area contributed by atoms with E-state index in [1.165, 1.54) is 23.3 Å². The fourth-order valence-electron chi connectivity index (χ4n) is 3.36. The molecule has 0 N–H and O–H groups in total. The Balaban J connectivity index is 1.50. The van der Waals surface area contributed by atoms with Gasteiger partial charge < -0.3 is 0 Å². The molecule has 144 valence electrons. The molecule has 4 rings (SSSR count). The van der Waals surface area contributed by atoms with E-state index in [0.29, 0.717) is 11.4 Å². The van der Waals surface area contributed by atoms with Gasteiger partial charge in [-0.1, -0.05) is 12.1 Å². The molecule has 0 saturated carbocycles. The van der Waals surface area contributed by atoms with Crippen molar-refractivity contribution < 1.29 is 13.2 Å². The highest BCUT2D eigenvalue weighted by Gasteiger charge is 2.30. The number of rotatable bonds is 3. The number of benzene rings is 1. The molecule has 3 heterocycles. The van der Waals surface area contributed by atoms with E-state index in [1.54, 1.807) is 12.4 Å². The Labute approximate surface area is 161 Å². The van der Waals surface area contributed by atoms with Crippen LogP contribution in [0, 0.1) is 6.92 Å². The summed E-state index contributed by atoms with van der Waals surface area (Å²) in [5.74, 6) is 0.462. The van der Waals surface area contributed by atoms with Crippen LogP contribution in [0.25, 0.3) is 11.4 Å². The molecule has 1 aromatic carbocycles. The summed E-state index contributed by atoms with van der Waals surface area (Å²) in [6.45, 7) is 4.51. The molecule has 0 atom stereocenters. The van der Waals surface area contributed by atoms with Crippen molar-refractivity contribution in [3.05, 3.63) is 76.9 Å². The van der Waals surface area contributed by atoms with Crippen LogP contribution in [0.3, 0.4) is 0 Å². The average molecular weight is 384 g/mol. The van der Waals surface area contributed by atoms with Gasteiger partial charge >= 0.3 is 6.18 Å². The zero-order chi connectivity index (χ0) is 19.7. The fraction of sp³-hybridized carbons (Fsp3) is 0.286. The minimum Gasteiger partial charge on any atom is -0.294 e. The number of hydrogen-bond donors (Lipinski definition) is 0. The van der Waals surface area contributed by atoms with Crippen molar-refractivity contribution in [1.29, 1.82) is 0 Å². The fourth-order valence-corrected chi connectivity index (χ4v) is 3.36. The molecule has 0 amide bonds. The van der Waals surface area contributed by atoms with Crippen molar-refractivity contribution in [3.8, 4) is 11.4 Å². The van der Waals surface area contributed by atoms with Gasteiger partial charge in [0.25, 0.3) is 0 Å². The van der Waals surface area contributed by atoms with Crippen molar-refractivity contribution in [1.82, 2.24) is 19.9 Å². The third-order valence-corrected chi connectivity index (χ3v) is 5.02. The summed E-state index contributed by atoms with van der Waals surface area (Å²) in [5, 5.41) is 0.